The molecule has 6 heteroatoms. The van der Waals surface area contributed by atoms with Gasteiger partial charge in [0.2, 0.25) is 0 Å². The van der Waals surface area contributed by atoms with Crippen LogP contribution in [0.2, 0.25) is 10.0 Å². The number of aliphatic carboxylic acids is 1. The second kappa shape index (κ2) is 16.2. The third-order valence-corrected chi connectivity index (χ3v) is 9.86. The lowest BCUT2D eigenvalue weighted by atomic mass is 9.87. The van der Waals surface area contributed by atoms with Gasteiger partial charge in [-0.05, 0) is 104 Å². The van der Waals surface area contributed by atoms with E-state index in [2.05, 4.69) is 75.9 Å². The molecule has 1 N–H and O–H groups in total. The summed E-state index contributed by atoms with van der Waals surface area (Å²) in [6, 6.07) is 17.4. The van der Waals surface area contributed by atoms with E-state index in [1.165, 1.54) is 59.1 Å². The van der Waals surface area contributed by atoms with Gasteiger partial charge >= 0.3 is 5.97 Å². The van der Waals surface area contributed by atoms with Crippen molar-refractivity contribution in [3.8, 4) is 5.75 Å². The van der Waals surface area contributed by atoms with Crippen molar-refractivity contribution in [2.75, 3.05) is 13.1 Å². The third-order valence-electron chi connectivity index (χ3n) is 9.30. The van der Waals surface area contributed by atoms with Crippen molar-refractivity contribution in [2.45, 2.75) is 98.6 Å². The predicted octanol–water partition coefficient (Wildman–Crippen LogP) is 9.95. The first-order valence-electron chi connectivity index (χ1n) is 16.2. The second-order valence-electron chi connectivity index (χ2n) is 13.0. The molecule has 4 nitrogen and oxygen atoms in total. The molecule has 1 fully saturated rings. The molecule has 3 aromatic carbocycles. The first-order valence-corrected chi connectivity index (χ1v) is 17.0. The van der Waals surface area contributed by atoms with Crippen LogP contribution in [0, 0.1) is 39.5 Å². The summed E-state index contributed by atoms with van der Waals surface area (Å²) in [6.45, 7) is 12.6. The summed E-state index contributed by atoms with van der Waals surface area (Å²) in [5.41, 5.74) is 8.90. The Morgan fingerprint density at radius 1 is 0.818 bits per heavy atom. The molecule has 2 atom stereocenters. The van der Waals surface area contributed by atoms with Crippen LogP contribution < -0.4 is 4.74 Å². The van der Waals surface area contributed by atoms with Crippen molar-refractivity contribution >= 4 is 29.2 Å². The Hall–Kier alpha value is -2.53. The van der Waals surface area contributed by atoms with E-state index >= 15 is 0 Å². The Morgan fingerprint density at radius 3 is 1.95 bits per heavy atom. The molecule has 1 aliphatic rings. The summed E-state index contributed by atoms with van der Waals surface area (Å²) in [4.78, 5) is 13.3. The maximum atomic E-state index is 11.2. The summed E-state index contributed by atoms with van der Waals surface area (Å²) < 4.78 is 6.70. The van der Waals surface area contributed by atoms with Crippen molar-refractivity contribution in [3.05, 3.63) is 97.5 Å². The molecule has 238 valence electrons. The van der Waals surface area contributed by atoms with Crippen molar-refractivity contribution in [1.29, 1.82) is 0 Å². The number of carboxylic acids is 1. The Kier molecular flexibility index (Phi) is 12.6. The quantitative estimate of drug-likeness (QED) is 0.159. The molecule has 0 radical (unpaired) electrons. The molecule has 0 saturated carbocycles. The highest BCUT2D eigenvalue weighted by Gasteiger charge is 2.32. The van der Waals surface area contributed by atoms with E-state index in [1.807, 2.05) is 12.1 Å². The lowest BCUT2D eigenvalue weighted by molar-refractivity contribution is -0.147. The Morgan fingerprint density at radius 2 is 1.41 bits per heavy atom. The maximum absolute atomic E-state index is 11.2. The molecule has 0 aromatic heterocycles. The van der Waals surface area contributed by atoms with Gasteiger partial charge in [-0.3, -0.25) is 9.69 Å². The zero-order valence-corrected chi connectivity index (χ0v) is 28.6. The molecule has 0 bridgehead atoms. The van der Waals surface area contributed by atoms with Gasteiger partial charge in [0.1, 0.15) is 6.10 Å². The predicted molar refractivity (Wildman–Crippen MR) is 183 cm³/mol. The molecule has 1 heterocycles. The van der Waals surface area contributed by atoms with E-state index in [9.17, 15) is 9.90 Å². The summed E-state index contributed by atoms with van der Waals surface area (Å²) >= 11 is 13.6. The minimum absolute atomic E-state index is 0.0712. The van der Waals surface area contributed by atoms with Gasteiger partial charge in [0.25, 0.3) is 0 Å². The normalized spacial score (nSPS) is 15.2. The monoisotopic (exact) mass is 637 g/mol. The molecule has 0 amide bonds. The zero-order valence-electron chi connectivity index (χ0n) is 27.1. The van der Waals surface area contributed by atoms with E-state index in [-0.39, 0.29) is 12.0 Å². The first-order chi connectivity index (χ1) is 21.0. The van der Waals surface area contributed by atoms with Gasteiger partial charge in [-0.15, -0.1) is 0 Å². The van der Waals surface area contributed by atoms with Gasteiger partial charge in [0.15, 0.2) is 5.75 Å². The number of carboxylic acid groups (broad SMARTS) is 1. The number of hydrogen-bond acceptors (Lipinski definition) is 3. The number of likely N-dealkylation sites (tertiary alicyclic amines) is 1. The molecule has 1 saturated heterocycles. The summed E-state index contributed by atoms with van der Waals surface area (Å²) in [6.07, 6.45) is 8.72. The lowest BCUT2D eigenvalue weighted by Crippen LogP contribution is -2.49. The van der Waals surface area contributed by atoms with Crippen LogP contribution >= 0.6 is 23.2 Å². The number of unbranched alkanes of at least 4 members (excludes halogenated alkanes) is 2. The molecule has 1 aliphatic heterocycles. The standard InChI is InChI=1S/C38H49Cl2NO3/c1-6-7-8-9-29(18-30-12-10-25(2)27(4)16-30)14-15-34(19-31-13-11-26(3)28(5)17-31)44-37-35(39)20-32(21-36(37)40)22-41-23-33(24-41)38(42)43/h10-13,16-17,20-21,29,33-34H,6-9,14-15,18-19,22-24H2,1-5H3,(H,42,43). The number of hydrogen-bond donors (Lipinski definition) is 1. The Balaban J connectivity index is 1.50. The SMILES string of the molecule is CCCCCC(CCC(Cc1ccc(C)c(C)c1)Oc1c(Cl)cc(CN2CC(C(=O)O)C2)cc1Cl)Cc1ccc(C)c(C)c1. The van der Waals surface area contributed by atoms with Crippen molar-refractivity contribution in [3.63, 3.8) is 0 Å². The summed E-state index contributed by atoms with van der Waals surface area (Å²) in [5, 5.41) is 10.2. The molecule has 0 aliphatic carbocycles. The van der Waals surface area contributed by atoms with Crippen LogP contribution in [0.1, 0.15) is 84.4 Å². The average molecular weight is 639 g/mol. The van der Waals surface area contributed by atoms with Gasteiger partial charge in [0.05, 0.1) is 16.0 Å². The van der Waals surface area contributed by atoms with E-state index in [0.717, 1.165) is 31.2 Å². The first kappa shape index (κ1) is 34.3. The highest BCUT2D eigenvalue weighted by Crippen LogP contribution is 2.37. The van der Waals surface area contributed by atoms with Gasteiger partial charge in [-0.2, -0.15) is 0 Å². The van der Waals surface area contributed by atoms with E-state index in [4.69, 9.17) is 27.9 Å². The van der Waals surface area contributed by atoms with Crippen LogP contribution in [-0.2, 0) is 24.2 Å². The van der Waals surface area contributed by atoms with Gasteiger partial charge in [-0.25, -0.2) is 0 Å². The molecule has 2 unspecified atom stereocenters. The summed E-state index contributed by atoms with van der Waals surface area (Å²) in [5.74, 6) is 0.0802. The molecule has 0 spiro atoms. The van der Waals surface area contributed by atoms with Crippen LogP contribution in [0.5, 0.6) is 5.75 Å². The largest absolute Gasteiger partial charge is 0.487 e. The van der Waals surface area contributed by atoms with E-state index in [1.54, 1.807) is 0 Å². The fraction of sp³-hybridized carbons (Fsp3) is 0.500. The summed E-state index contributed by atoms with van der Waals surface area (Å²) in [7, 11) is 0. The van der Waals surface area contributed by atoms with Crippen LogP contribution in [0.4, 0.5) is 0 Å². The molecular weight excluding hydrogens is 589 g/mol. The maximum Gasteiger partial charge on any atom is 0.309 e. The van der Waals surface area contributed by atoms with Crippen molar-refractivity contribution in [2.24, 2.45) is 11.8 Å². The number of ether oxygens (including phenoxy) is 1. The minimum Gasteiger partial charge on any atom is -0.487 e. The number of rotatable bonds is 16. The average Bonchev–Trinajstić information content (AvgIpc) is 2.94. The molecule has 4 rings (SSSR count). The number of carbonyl (C=O) groups is 1. The van der Waals surface area contributed by atoms with Crippen LogP contribution in [0.15, 0.2) is 48.5 Å². The minimum atomic E-state index is -0.738. The van der Waals surface area contributed by atoms with Gasteiger partial charge in [0, 0.05) is 26.1 Å². The number of nitrogens with zero attached hydrogens (tertiary/aromatic N) is 1. The zero-order chi connectivity index (χ0) is 31.8. The van der Waals surface area contributed by atoms with E-state index in [0.29, 0.717) is 41.3 Å². The molecule has 3 aromatic rings. The lowest BCUT2D eigenvalue weighted by Gasteiger charge is -2.36. The Labute approximate surface area is 274 Å². The van der Waals surface area contributed by atoms with Crippen molar-refractivity contribution < 1.29 is 14.6 Å². The van der Waals surface area contributed by atoms with Crippen LogP contribution in [0.25, 0.3) is 0 Å². The van der Waals surface area contributed by atoms with Crippen LogP contribution in [0.3, 0.4) is 0 Å². The topological polar surface area (TPSA) is 49.8 Å². The fourth-order valence-electron chi connectivity index (χ4n) is 6.21. The number of aryl methyl sites for hydroxylation is 4. The highest BCUT2D eigenvalue weighted by molar-refractivity contribution is 6.37. The number of halogens is 2. The molecular formula is C38H49Cl2NO3. The fourth-order valence-corrected chi connectivity index (χ4v) is 6.83. The Bertz CT molecular complexity index is 1390. The van der Waals surface area contributed by atoms with Crippen molar-refractivity contribution in [1.82, 2.24) is 4.90 Å². The second-order valence-corrected chi connectivity index (χ2v) is 13.9. The number of benzene rings is 3. The third kappa shape index (κ3) is 9.73. The van der Waals surface area contributed by atoms with Gasteiger partial charge < -0.3 is 9.84 Å². The smallest absolute Gasteiger partial charge is 0.309 e. The van der Waals surface area contributed by atoms with Crippen LogP contribution in [-0.4, -0.2) is 35.2 Å². The highest BCUT2D eigenvalue weighted by atomic mass is 35.5. The van der Waals surface area contributed by atoms with E-state index < -0.39 is 5.97 Å². The van der Waals surface area contributed by atoms with Gasteiger partial charge in [-0.1, -0.05) is 92.2 Å². The molecule has 44 heavy (non-hydrogen) atoms.